The lowest BCUT2D eigenvalue weighted by atomic mass is 10.1. The minimum Gasteiger partial charge on any atom is -0.331 e. The largest absolute Gasteiger partial charge is 0.331 e. The van der Waals surface area contributed by atoms with Crippen LogP contribution in [-0.2, 0) is 0 Å². The summed E-state index contributed by atoms with van der Waals surface area (Å²) >= 11 is 9.11. The first-order valence-electron chi connectivity index (χ1n) is 7.61. The minimum atomic E-state index is 0.158. The highest BCUT2D eigenvalue weighted by molar-refractivity contribution is 7.80. The van der Waals surface area contributed by atoms with Crippen molar-refractivity contribution in [1.29, 1.82) is 0 Å². The van der Waals surface area contributed by atoms with Gasteiger partial charge in [-0.1, -0.05) is 30.3 Å². The summed E-state index contributed by atoms with van der Waals surface area (Å²) < 4.78 is 0. The van der Waals surface area contributed by atoms with Crippen molar-refractivity contribution < 1.29 is 0 Å². The zero-order valence-corrected chi connectivity index (χ0v) is 15.2. The van der Waals surface area contributed by atoms with Crippen LogP contribution in [0.4, 0.5) is 5.69 Å². The third-order valence-electron chi connectivity index (χ3n) is 3.82. The fraction of sp³-hybridized carbons (Fsp3) is 0.111. The Morgan fingerprint density at radius 2 is 1.83 bits per heavy atom. The lowest BCUT2D eigenvalue weighted by molar-refractivity contribution is 0.380. The highest BCUT2D eigenvalue weighted by Crippen LogP contribution is 2.36. The number of hydrogen-bond acceptors (Lipinski definition) is 4. The van der Waals surface area contributed by atoms with Gasteiger partial charge >= 0.3 is 0 Å². The monoisotopic (exact) mass is 369 g/mol. The van der Waals surface area contributed by atoms with Crippen LogP contribution in [0.25, 0.3) is 0 Å². The van der Waals surface area contributed by atoms with E-state index in [1.165, 1.54) is 9.75 Å². The van der Waals surface area contributed by atoms with E-state index in [2.05, 4.69) is 40.3 Å². The Bertz CT molecular complexity index is 839. The maximum atomic E-state index is 5.64. The molecule has 4 rings (SSSR count). The van der Waals surface area contributed by atoms with Gasteiger partial charge in [-0.25, -0.2) is 5.01 Å². The fourth-order valence-corrected chi connectivity index (χ4v) is 4.51. The molecular formula is C18H15N3S3. The first-order chi connectivity index (χ1) is 11.8. The normalized spacial score (nSPS) is 16.9. The van der Waals surface area contributed by atoms with E-state index in [-0.39, 0.29) is 6.04 Å². The van der Waals surface area contributed by atoms with Crippen LogP contribution in [0.5, 0.6) is 0 Å². The molecule has 0 spiro atoms. The lowest BCUT2D eigenvalue weighted by Crippen LogP contribution is -2.30. The standard InChI is InChI=1S/C18H15N3S3/c22-18(19-13-6-2-1-3-7-13)21-15(17-9-5-11-24-17)12-14(20-21)16-8-4-10-23-16/h1-11,15H,12H2,(H,19,22)/t15-/m1/s1. The summed E-state index contributed by atoms with van der Waals surface area (Å²) in [5.41, 5.74) is 2.08. The Balaban J connectivity index is 1.62. The lowest BCUT2D eigenvalue weighted by Gasteiger charge is -2.23. The maximum absolute atomic E-state index is 5.64. The number of hydrazone groups is 1. The highest BCUT2D eigenvalue weighted by Gasteiger charge is 2.32. The molecule has 0 unspecified atom stereocenters. The number of hydrogen-bond donors (Lipinski definition) is 1. The topological polar surface area (TPSA) is 27.6 Å². The third-order valence-corrected chi connectivity index (χ3v) is 6.00. The molecule has 0 amide bonds. The van der Waals surface area contributed by atoms with Crippen molar-refractivity contribution in [3.05, 3.63) is 75.1 Å². The zero-order chi connectivity index (χ0) is 16.4. The summed E-state index contributed by atoms with van der Waals surface area (Å²) in [7, 11) is 0. The molecular weight excluding hydrogens is 354 g/mol. The average molecular weight is 370 g/mol. The zero-order valence-electron chi connectivity index (χ0n) is 12.8. The average Bonchev–Trinajstić information content (AvgIpc) is 3.35. The predicted octanol–water partition coefficient (Wildman–Crippen LogP) is 5.36. The van der Waals surface area contributed by atoms with Gasteiger partial charge in [-0.3, -0.25) is 0 Å². The number of thiophene rings is 2. The number of nitrogens with zero attached hydrogens (tertiary/aromatic N) is 2. The van der Waals surface area contributed by atoms with Crippen molar-refractivity contribution in [2.75, 3.05) is 5.32 Å². The molecule has 1 atom stereocenters. The summed E-state index contributed by atoms with van der Waals surface area (Å²) in [6, 6.07) is 18.6. The van der Waals surface area contributed by atoms with Crippen LogP contribution in [-0.4, -0.2) is 15.8 Å². The Hall–Kier alpha value is -2.02. The number of thiocarbonyl (C=S) groups is 1. The second kappa shape index (κ2) is 6.84. The van der Waals surface area contributed by atoms with E-state index in [1.807, 2.05) is 35.3 Å². The smallest absolute Gasteiger partial charge is 0.194 e. The van der Waals surface area contributed by atoms with E-state index in [0.717, 1.165) is 17.8 Å². The van der Waals surface area contributed by atoms with Gasteiger partial charge in [-0.15, -0.1) is 22.7 Å². The van der Waals surface area contributed by atoms with Gasteiger partial charge in [0.15, 0.2) is 5.11 Å². The molecule has 0 saturated heterocycles. The van der Waals surface area contributed by atoms with Crippen molar-refractivity contribution in [3.63, 3.8) is 0 Å². The Morgan fingerprint density at radius 1 is 1.04 bits per heavy atom. The van der Waals surface area contributed by atoms with Gasteiger partial charge in [-0.05, 0) is 47.2 Å². The van der Waals surface area contributed by atoms with Gasteiger partial charge in [-0.2, -0.15) is 5.10 Å². The second-order valence-corrected chi connectivity index (χ2v) is 7.71. The van der Waals surface area contributed by atoms with Crippen LogP contribution in [0.3, 0.4) is 0 Å². The first kappa shape index (κ1) is 15.5. The molecule has 2 aromatic heterocycles. The molecule has 0 bridgehead atoms. The number of nitrogens with one attached hydrogen (secondary N) is 1. The fourth-order valence-electron chi connectivity index (χ4n) is 2.69. The van der Waals surface area contributed by atoms with Gasteiger partial charge in [0.1, 0.15) is 0 Å². The summed E-state index contributed by atoms with van der Waals surface area (Å²) in [6.07, 6.45) is 0.873. The van der Waals surface area contributed by atoms with Gasteiger partial charge in [0.2, 0.25) is 0 Å². The Kier molecular flexibility index (Phi) is 4.42. The minimum absolute atomic E-state index is 0.158. The molecule has 120 valence electrons. The van der Waals surface area contributed by atoms with Crippen LogP contribution in [0, 0.1) is 0 Å². The maximum Gasteiger partial charge on any atom is 0.194 e. The van der Waals surface area contributed by atoms with E-state index in [4.69, 9.17) is 17.3 Å². The van der Waals surface area contributed by atoms with Crippen LogP contribution < -0.4 is 5.32 Å². The first-order valence-corrected chi connectivity index (χ1v) is 9.78. The molecule has 24 heavy (non-hydrogen) atoms. The van der Waals surface area contributed by atoms with Gasteiger partial charge in [0.25, 0.3) is 0 Å². The number of benzene rings is 1. The van der Waals surface area contributed by atoms with Gasteiger partial charge < -0.3 is 5.32 Å². The molecule has 3 nitrogen and oxygen atoms in total. The van der Waals surface area contributed by atoms with E-state index in [9.17, 15) is 0 Å². The van der Waals surface area contributed by atoms with Crippen molar-refractivity contribution in [1.82, 2.24) is 5.01 Å². The van der Waals surface area contributed by atoms with Crippen LogP contribution in [0.15, 0.2) is 70.5 Å². The van der Waals surface area contributed by atoms with Gasteiger partial charge in [0, 0.05) is 17.0 Å². The molecule has 0 radical (unpaired) electrons. The molecule has 1 N–H and O–H groups in total. The summed E-state index contributed by atoms with van der Waals surface area (Å²) in [5, 5.41) is 14.9. The van der Waals surface area contributed by atoms with Crippen molar-refractivity contribution in [3.8, 4) is 0 Å². The predicted molar refractivity (Wildman–Crippen MR) is 107 cm³/mol. The molecule has 0 fully saturated rings. The highest BCUT2D eigenvalue weighted by atomic mass is 32.1. The van der Waals surface area contributed by atoms with E-state index < -0.39 is 0 Å². The van der Waals surface area contributed by atoms with Crippen molar-refractivity contribution >= 4 is 51.4 Å². The third kappa shape index (κ3) is 3.13. The molecule has 6 heteroatoms. The SMILES string of the molecule is S=C(Nc1ccccc1)N1N=C(c2cccs2)C[C@@H]1c1cccs1. The van der Waals surface area contributed by atoms with Gasteiger partial charge in [0.05, 0.1) is 16.6 Å². The number of rotatable bonds is 3. The Morgan fingerprint density at radius 3 is 2.54 bits per heavy atom. The molecule has 1 aromatic carbocycles. The van der Waals surface area contributed by atoms with Crippen LogP contribution in [0.1, 0.15) is 22.2 Å². The molecule has 0 saturated carbocycles. The Labute approximate surface area is 154 Å². The summed E-state index contributed by atoms with van der Waals surface area (Å²) in [5.74, 6) is 0. The summed E-state index contributed by atoms with van der Waals surface area (Å²) in [4.78, 5) is 2.49. The van der Waals surface area contributed by atoms with Crippen LogP contribution in [0.2, 0.25) is 0 Å². The molecule has 3 aromatic rings. The molecule has 0 aliphatic carbocycles. The van der Waals surface area contributed by atoms with E-state index in [0.29, 0.717) is 5.11 Å². The molecule has 1 aliphatic heterocycles. The molecule has 3 heterocycles. The van der Waals surface area contributed by atoms with E-state index >= 15 is 0 Å². The van der Waals surface area contributed by atoms with Crippen molar-refractivity contribution in [2.24, 2.45) is 5.10 Å². The van der Waals surface area contributed by atoms with E-state index in [1.54, 1.807) is 22.7 Å². The summed E-state index contributed by atoms with van der Waals surface area (Å²) in [6.45, 7) is 0. The van der Waals surface area contributed by atoms with Crippen LogP contribution >= 0.6 is 34.9 Å². The van der Waals surface area contributed by atoms with Crippen molar-refractivity contribution in [2.45, 2.75) is 12.5 Å². The number of para-hydroxylation sites is 1. The molecule has 1 aliphatic rings. The quantitative estimate of drug-likeness (QED) is 0.630. The second-order valence-electron chi connectivity index (χ2n) is 5.40. The number of anilines is 1.